The summed E-state index contributed by atoms with van der Waals surface area (Å²) in [6, 6.07) is 9.23. The molecule has 26 heavy (non-hydrogen) atoms. The Kier molecular flexibility index (Phi) is 8.29. The van der Waals surface area contributed by atoms with Crippen molar-refractivity contribution in [1.29, 1.82) is 0 Å². The number of carbonyl (C=O) groups excluding carboxylic acids is 3. The number of esters is 1. The van der Waals surface area contributed by atoms with Crippen molar-refractivity contribution in [1.82, 2.24) is 4.90 Å². The third kappa shape index (κ3) is 4.84. The van der Waals surface area contributed by atoms with Crippen molar-refractivity contribution < 1.29 is 23.9 Å². The van der Waals surface area contributed by atoms with Crippen LogP contribution in [0.25, 0.3) is 0 Å². The van der Waals surface area contributed by atoms with Gasteiger partial charge in [-0.2, -0.15) is 0 Å². The standard InChI is InChI=1S/C20H29NO5/c1-6-17(22)20(13-15(3)4,18(23)25-5)21(7-2)19(24)26-14-16-11-9-8-10-12-16/h8-12,15H,6-7,13-14H2,1-5H3/t20-/m1/s1. The first kappa shape index (κ1) is 21.7. The number of nitrogens with zero attached hydrogens (tertiary/aromatic N) is 1. The lowest BCUT2D eigenvalue weighted by molar-refractivity contribution is -0.161. The third-order valence-corrected chi connectivity index (χ3v) is 4.21. The normalized spacial score (nSPS) is 13.0. The SMILES string of the molecule is CCC(=O)[C@](CC(C)C)(C(=O)OC)N(CC)C(=O)OCc1ccccc1. The van der Waals surface area contributed by atoms with Gasteiger partial charge in [0.25, 0.3) is 0 Å². The van der Waals surface area contributed by atoms with Gasteiger partial charge in [-0.1, -0.05) is 51.1 Å². The molecule has 0 spiro atoms. The first-order chi connectivity index (χ1) is 12.3. The highest BCUT2D eigenvalue weighted by Gasteiger charge is 2.53. The summed E-state index contributed by atoms with van der Waals surface area (Å²) in [6.45, 7) is 7.39. The lowest BCUT2D eigenvalue weighted by Crippen LogP contribution is -2.63. The van der Waals surface area contributed by atoms with E-state index in [1.54, 1.807) is 13.8 Å². The summed E-state index contributed by atoms with van der Waals surface area (Å²) in [6.07, 6.45) is -0.408. The minimum atomic E-state index is -1.67. The fraction of sp³-hybridized carbons (Fsp3) is 0.550. The van der Waals surface area contributed by atoms with Gasteiger partial charge in [0.05, 0.1) is 7.11 Å². The van der Waals surface area contributed by atoms with Crippen LogP contribution in [0.5, 0.6) is 0 Å². The first-order valence-corrected chi connectivity index (χ1v) is 8.93. The van der Waals surface area contributed by atoms with Gasteiger partial charge < -0.3 is 9.47 Å². The Bertz CT molecular complexity index is 596. The molecule has 0 N–H and O–H groups in total. The number of benzene rings is 1. The van der Waals surface area contributed by atoms with Crippen LogP contribution in [0.4, 0.5) is 4.79 Å². The molecule has 6 heteroatoms. The monoisotopic (exact) mass is 363 g/mol. The lowest BCUT2D eigenvalue weighted by atomic mass is 9.82. The molecular weight excluding hydrogens is 334 g/mol. The van der Waals surface area contributed by atoms with Crippen molar-refractivity contribution in [2.24, 2.45) is 5.92 Å². The highest BCUT2D eigenvalue weighted by atomic mass is 16.6. The van der Waals surface area contributed by atoms with E-state index >= 15 is 0 Å². The zero-order valence-corrected chi connectivity index (χ0v) is 16.3. The first-order valence-electron chi connectivity index (χ1n) is 8.93. The molecule has 0 saturated heterocycles. The number of Topliss-reactive ketones (excluding diaryl/α,β-unsaturated/α-hetero) is 1. The molecule has 1 atom stereocenters. The summed E-state index contributed by atoms with van der Waals surface area (Å²) in [5, 5.41) is 0. The van der Waals surface area contributed by atoms with E-state index in [1.807, 2.05) is 44.2 Å². The van der Waals surface area contributed by atoms with Gasteiger partial charge in [-0.25, -0.2) is 9.59 Å². The predicted octanol–water partition coefficient (Wildman–Crippen LogP) is 3.58. The summed E-state index contributed by atoms with van der Waals surface area (Å²) in [5.41, 5.74) is -0.841. The molecule has 0 radical (unpaired) electrons. The van der Waals surface area contributed by atoms with Crippen molar-refractivity contribution >= 4 is 17.8 Å². The Morgan fingerprint density at radius 2 is 1.73 bits per heavy atom. The lowest BCUT2D eigenvalue weighted by Gasteiger charge is -2.40. The topological polar surface area (TPSA) is 72.9 Å². The van der Waals surface area contributed by atoms with Crippen LogP contribution in [0.2, 0.25) is 0 Å². The molecule has 0 unspecified atom stereocenters. The summed E-state index contributed by atoms with van der Waals surface area (Å²) in [5.74, 6) is -1.08. The van der Waals surface area contributed by atoms with Crippen molar-refractivity contribution in [3.8, 4) is 0 Å². The van der Waals surface area contributed by atoms with Crippen molar-refractivity contribution in [3.63, 3.8) is 0 Å². The zero-order chi connectivity index (χ0) is 19.7. The molecule has 0 bridgehead atoms. The number of hydrogen-bond acceptors (Lipinski definition) is 5. The third-order valence-electron chi connectivity index (χ3n) is 4.21. The Labute approximate surface area is 155 Å². The smallest absolute Gasteiger partial charge is 0.411 e. The van der Waals surface area contributed by atoms with Crippen molar-refractivity contribution in [2.45, 2.75) is 52.7 Å². The number of hydrogen-bond donors (Lipinski definition) is 0. The van der Waals surface area contributed by atoms with E-state index in [-0.39, 0.29) is 37.7 Å². The molecule has 0 heterocycles. The molecule has 0 saturated carbocycles. The highest BCUT2D eigenvalue weighted by molar-refractivity contribution is 6.10. The van der Waals surface area contributed by atoms with Crippen LogP contribution >= 0.6 is 0 Å². The number of methoxy groups -OCH3 is 1. The van der Waals surface area contributed by atoms with Crippen LogP contribution in [0.15, 0.2) is 30.3 Å². The van der Waals surface area contributed by atoms with Crippen LogP contribution in [-0.4, -0.2) is 41.9 Å². The molecule has 1 amide bonds. The van der Waals surface area contributed by atoms with Crippen LogP contribution in [0.1, 0.15) is 46.1 Å². The number of ether oxygens (including phenoxy) is 2. The average molecular weight is 363 g/mol. The van der Waals surface area contributed by atoms with E-state index in [2.05, 4.69) is 0 Å². The summed E-state index contributed by atoms with van der Waals surface area (Å²) < 4.78 is 10.3. The maximum atomic E-state index is 12.8. The van der Waals surface area contributed by atoms with Crippen LogP contribution < -0.4 is 0 Å². The van der Waals surface area contributed by atoms with E-state index < -0.39 is 17.6 Å². The van der Waals surface area contributed by atoms with Crippen LogP contribution in [0, 0.1) is 5.92 Å². The van der Waals surface area contributed by atoms with Gasteiger partial charge in [0.2, 0.25) is 5.54 Å². The molecule has 0 fully saturated rings. The van der Waals surface area contributed by atoms with Crippen molar-refractivity contribution in [3.05, 3.63) is 35.9 Å². The van der Waals surface area contributed by atoms with Gasteiger partial charge in [0, 0.05) is 13.0 Å². The Morgan fingerprint density at radius 1 is 1.12 bits per heavy atom. The second-order valence-corrected chi connectivity index (χ2v) is 6.51. The maximum Gasteiger partial charge on any atom is 0.411 e. The zero-order valence-electron chi connectivity index (χ0n) is 16.3. The van der Waals surface area contributed by atoms with E-state index in [0.717, 1.165) is 5.56 Å². The van der Waals surface area contributed by atoms with Gasteiger partial charge in [-0.05, 0) is 24.8 Å². The van der Waals surface area contributed by atoms with Crippen molar-refractivity contribution in [2.75, 3.05) is 13.7 Å². The maximum absolute atomic E-state index is 12.8. The fourth-order valence-electron chi connectivity index (χ4n) is 3.09. The number of rotatable bonds is 9. The number of carbonyl (C=O) groups is 3. The second-order valence-electron chi connectivity index (χ2n) is 6.51. The second kappa shape index (κ2) is 9.94. The van der Waals surface area contributed by atoms with Gasteiger partial charge in [-0.15, -0.1) is 0 Å². The molecule has 1 aromatic carbocycles. The number of likely N-dealkylation sites (N-methyl/N-ethyl adjacent to an activating group) is 1. The molecule has 0 aliphatic heterocycles. The Balaban J connectivity index is 3.18. The van der Waals surface area contributed by atoms with Crippen LogP contribution in [-0.2, 0) is 25.7 Å². The Hall–Kier alpha value is -2.37. The molecule has 1 rings (SSSR count). The minimum Gasteiger partial charge on any atom is -0.467 e. The molecule has 144 valence electrons. The van der Waals surface area contributed by atoms with E-state index in [9.17, 15) is 14.4 Å². The van der Waals surface area contributed by atoms with E-state index in [0.29, 0.717) is 0 Å². The molecular formula is C20H29NO5. The summed E-state index contributed by atoms with van der Waals surface area (Å²) >= 11 is 0. The van der Waals surface area contributed by atoms with E-state index in [4.69, 9.17) is 9.47 Å². The average Bonchev–Trinajstić information content (AvgIpc) is 2.65. The van der Waals surface area contributed by atoms with Crippen LogP contribution in [0.3, 0.4) is 0 Å². The fourth-order valence-corrected chi connectivity index (χ4v) is 3.09. The number of amides is 1. The Morgan fingerprint density at radius 3 is 2.19 bits per heavy atom. The predicted molar refractivity (Wildman–Crippen MR) is 98.5 cm³/mol. The van der Waals surface area contributed by atoms with Gasteiger partial charge in [-0.3, -0.25) is 9.69 Å². The van der Waals surface area contributed by atoms with Gasteiger partial charge in [0.15, 0.2) is 5.78 Å². The van der Waals surface area contributed by atoms with Gasteiger partial charge in [0.1, 0.15) is 6.61 Å². The summed E-state index contributed by atoms with van der Waals surface area (Å²) in [4.78, 5) is 39.4. The van der Waals surface area contributed by atoms with Gasteiger partial charge >= 0.3 is 12.1 Å². The quantitative estimate of drug-likeness (QED) is 0.495. The molecule has 0 aliphatic rings. The highest BCUT2D eigenvalue weighted by Crippen LogP contribution is 2.29. The molecule has 0 aliphatic carbocycles. The molecule has 0 aromatic heterocycles. The largest absolute Gasteiger partial charge is 0.467 e. The molecule has 1 aromatic rings. The number of ketones is 1. The minimum absolute atomic E-state index is 0.000531. The summed E-state index contributed by atoms with van der Waals surface area (Å²) in [7, 11) is 1.23. The van der Waals surface area contributed by atoms with E-state index in [1.165, 1.54) is 12.0 Å². The molecule has 6 nitrogen and oxygen atoms in total.